The van der Waals surface area contributed by atoms with E-state index in [0.717, 1.165) is 17.7 Å². The van der Waals surface area contributed by atoms with Crippen LogP contribution in [0.25, 0.3) is 0 Å². The van der Waals surface area contributed by atoms with E-state index in [-0.39, 0.29) is 0 Å². The van der Waals surface area contributed by atoms with Crippen LogP contribution in [0.15, 0.2) is 0 Å². The SMILES string of the molecule is CC(CCS)CCN1CCN(C2CCCC2)CC1. The molecule has 106 valence electrons. The van der Waals surface area contributed by atoms with Crippen molar-refractivity contribution >= 4 is 12.6 Å². The van der Waals surface area contributed by atoms with Crippen molar-refractivity contribution < 1.29 is 0 Å². The molecule has 18 heavy (non-hydrogen) atoms. The van der Waals surface area contributed by atoms with E-state index in [1.54, 1.807) is 0 Å². The molecule has 2 aliphatic rings. The molecule has 0 aromatic rings. The minimum Gasteiger partial charge on any atom is -0.301 e. The largest absolute Gasteiger partial charge is 0.301 e. The molecule has 2 nitrogen and oxygen atoms in total. The number of thiol groups is 1. The molecule has 0 N–H and O–H groups in total. The summed E-state index contributed by atoms with van der Waals surface area (Å²) in [6, 6.07) is 0.926. The van der Waals surface area contributed by atoms with Crippen LogP contribution >= 0.6 is 12.6 Å². The van der Waals surface area contributed by atoms with Gasteiger partial charge in [-0.15, -0.1) is 0 Å². The monoisotopic (exact) mass is 270 g/mol. The van der Waals surface area contributed by atoms with E-state index in [2.05, 4.69) is 29.4 Å². The molecule has 2 fully saturated rings. The van der Waals surface area contributed by atoms with Crippen LogP contribution in [-0.2, 0) is 0 Å². The summed E-state index contributed by atoms with van der Waals surface area (Å²) in [6.45, 7) is 8.88. The molecule has 0 amide bonds. The molecule has 0 aromatic carbocycles. The third kappa shape index (κ3) is 4.43. The van der Waals surface area contributed by atoms with Crippen LogP contribution in [0, 0.1) is 5.92 Å². The van der Waals surface area contributed by atoms with E-state index >= 15 is 0 Å². The molecule has 1 unspecified atom stereocenters. The summed E-state index contributed by atoms with van der Waals surface area (Å²) < 4.78 is 0. The molecule has 1 saturated carbocycles. The average molecular weight is 270 g/mol. The zero-order chi connectivity index (χ0) is 12.8. The molecule has 0 bridgehead atoms. The highest BCUT2D eigenvalue weighted by atomic mass is 32.1. The second-order valence-corrected chi connectivity index (χ2v) is 6.67. The molecule has 3 heteroatoms. The molecule has 1 saturated heterocycles. The minimum atomic E-state index is 0.843. The Hall–Kier alpha value is 0.270. The van der Waals surface area contributed by atoms with Crippen LogP contribution in [0.1, 0.15) is 45.4 Å². The quantitative estimate of drug-likeness (QED) is 0.742. The zero-order valence-electron chi connectivity index (χ0n) is 12.0. The Balaban J connectivity index is 1.61. The van der Waals surface area contributed by atoms with Gasteiger partial charge in [-0.1, -0.05) is 19.8 Å². The zero-order valence-corrected chi connectivity index (χ0v) is 12.9. The van der Waals surface area contributed by atoms with Gasteiger partial charge in [0.05, 0.1) is 0 Å². The van der Waals surface area contributed by atoms with E-state index in [1.807, 2.05) is 0 Å². The van der Waals surface area contributed by atoms with Gasteiger partial charge in [0.1, 0.15) is 0 Å². The van der Waals surface area contributed by atoms with Crippen molar-refractivity contribution in [2.45, 2.75) is 51.5 Å². The van der Waals surface area contributed by atoms with Crippen molar-refractivity contribution in [3.8, 4) is 0 Å². The number of nitrogens with zero attached hydrogens (tertiary/aromatic N) is 2. The first-order chi connectivity index (χ1) is 8.79. The van der Waals surface area contributed by atoms with Gasteiger partial charge in [0.15, 0.2) is 0 Å². The van der Waals surface area contributed by atoms with Crippen LogP contribution in [0.5, 0.6) is 0 Å². The third-order valence-corrected chi connectivity index (χ3v) is 5.07. The van der Waals surface area contributed by atoms with Gasteiger partial charge in [0.25, 0.3) is 0 Å². The summed E-state index contributed by atoms with van der Waals surface area (Å²) >= 11 is 4.32. The Morgan fingerprint density at radius 1 is 1.06 bits per heavy atom. The van der Waals surface area contributed by atoms with Gasteiger partial charge in [-0.05, 0) is 43.9 Å². The predicted molar refractivity (Wildman–Crippen MR) is 82.5 cm³/mol. The van der Waals surface area contributed by atoms with Crippen molar-refractivity contribution in [2.24, 2.45) is 5.92 Å². The summed E-state index contributed by atoms with van der Waals surface area (Å²) in [4.78, 5) is 5.42. The predicted octanol–water partition coefficient (Wildman–Crippen LogP) is 2.89. The lowest BCUT2D eigenvalue weighted by molar-refractivity contribution is 0.0944. The van der Waals surface area contributed by atoms with Crippen molar-refractivity contribution in [1.29, 1.82) is 0 Å². The number of rotatable bonds is 6. The lowest BCUT2D eigenvalue weighted by Gasteiger charge is -2.38. The van der Waals surface area contributed by atoms with Gasteiger partial charge in [-0.3, -0.25) is 4.90 Å². The maximum atomic E-state index is 4.32. The summed E-state index contributed by atoms with van der Waals surface area (Å²) in [7, 11) is 0. The molecule has 1 aliphatic carbocycles. The molecule has 0 aromatic heterocycles. The summed E-state index contributed by atoms with van der Waals surface area (Å²) in [5.41, 5.74) is 0. The Morgan fingerprint density at radius 3 is 2.33 bits per heavy atom. The first-order valence-corrected chi connectivity index (χ1v) is 8.50. The minimum absolute atomic E-state index is 0.843. The molecular weight excluding hydrogens is 240 g/mol. The van der Waals surface area contributed by atoms with Crippen molar-refractivity contribution in [1.82, 2.24) is 9.80 Å². The fraction of sp³-hybridized carbons (Fsp3) is 1.00. The second-order valence-electron chi connectivity index (χ2n) is 6.22. The molecule has 2 rings (SSSR count). The van der Waals surface area contributed by atoms with E-state index < -0.39 is 0 Å². The molecular formula is C15H30N2S. The van der Waals surface area contributed by atoms with Crippen LogP contribution < -0.4 is 0 Å². The molecule has 1 aliphatic heterocycles. The van der Waals surface area contributed by atoms with Crippen LogP contribution in [0.2, 0.25) is 0 Å². The van der Waals surface area contributed by atoms with Crippen LogP contribution in [0.3, 0.4) is 0 Å². The van der Waals surface area contributed by atoms with Gasteiger partial charge in [0.2, 0.25) is 0 Å². The number of hydrogen-bond acceptors (Lipinski definition) is 3. The van der Waals surface area contributed by atoms with Gasteiger partial charge in [-0.2, -0.15) is 12.6 Å². The Bertz CT molecular complexity index is 221. The maximum Gasteiger partial charge on any atom is 0.0113 e. The number of hydrogen-bond donors (Lipinski definition) is 1. The summed E-state index contributed by atoms with van der Waals surface area (Å²) in [5, 5.41) is 0. The fourth-order valence-electron chi connectivity index (χ4n) is 3.39. The second kappa shape index (κ2) is 7.76. The summed E-state index contributed by atoms with van der Waals surface area (Å²) in [6.07, 6.45) is 8.46. The Morgan fingerprint density at radius 2 is 1.72 bits per heavy atom. The van der Waals surface area contributed by atoms with E-state index in [0.29, 0.717) is 0 Å². The average Bonchev–Trinajstić information content (AvgIpc) is 2.91. The van der Waals surface area contributed by atoms with E-state index in [1.165, 1.54) is 71.2 Å². The van der Waals surface area contributed by atoms with Crippen molar-refractivity contribution in [3.05, 3.63) is 0 Å². The first-order valence-electron chi connectivity index (χ1n) is 7.87. The van der Waals surface area contributed by atoms with Crippen molar-refractivity contribution in [3.63, 3.8) is 0 Å². The lowest BCUT2D eigenvalue weighted by Crippen LogP contribution is -2.49. The normalized spacial score (nSPS) is 25.7. The standard InChI is InChI=1S/C15H30N2S/c1-14(7-13-18)6-8-16-9-11-17(12-10-16)15-4-2-3-5-15/h14-15,18H,2-13H2,1H3. The smallest absolute Gasteiger partial charge is 0.0113 e. The summed E-state index contributed by atoms with van der Waals surface area (Å²) in [5.74, 6) is 1.88. The highest BCUT2D eigenvalue weighted by Crippen LogP contribution is 2.24. The van der Waals surface area contributed by atoms with E-state index in [9.17, 15) is 0 Å². The van der Waals surface area contributed by atoms with Gasteiger partial charge in [-0.25, -0.2) is 0 Å². The van der Waals surface area contributed by atoms with Crippen LogP contribution in [-0.4, -0.2) is 54.3 Å². The lowest BCUT2D eigenvalue weighted by atomic mass is 10.0. The van der Waals surface area contributed by atoms with E-state index in [4.69, 9.17) is 0 Å². The molecule has 1 heterocycles. The fourth-order valence-corrected chi connectivity index (χ4v) is 3.83. The third-order valence-electron chi connectivity index (χ3n) is 4.81. The Kier molecular flexibility index (Phi) is 6.33. The first kappa shape index (κ1) is 14.7. The van der Waals surface area contributed by atoms with Gasteiger partial charge >= 0.3 is 0 Å². The molecule has 1 atom stereocenters. The van der Waals surface area contributed by atoms with Crippen LogP contribution in [0.4, 0.5) is 0 Å². The molecule has 0 radical (unpaired) electrons. The van der Waals surface area contributed by atoms with Gasteiger partial charge in [0, 0.05) is 32.2 Å². The number of piperazine rings is 1. The highest BCUT2D eigenvalue weighted by Gasteiger charge is 2.25. The Labute approximate surface area is 119 Å². The highest BCUT2D eigenvalue weighted by molar-refractivity contribution is 7.80. The van der Waals surface area contributed by atoms with Gasteiger partial charge < -0.3 is 4.90 Å². The maximum absolute atomic E-state index is 4.32. The topological polar surface area (TPSA) is 6.48 Å². The van der Waals surface area contributed by atoms with Crippen molar-refractivity contribution in [2.75, 3.05) is 38.5 Å². The molecule has 0 spiro atoms.